The van der Waals surface area contributed by atoms with E-state index in [0.717, 1.165) is 6.04 Å². The third-order valence-corrected chi connectivity index (χ3v) is 4.81. The second-order valence-corrected chi connectivity index (χ2v) is 6.34. The highest BCUT2D eigenvalue weighted by molar-refractivity contribution is 4.96. The molecule has 0 aromatic carbocycles. The number of likely N-dealkylation sites (tertiary alicyclic amines) is 1. The van der Waals surface area contributed by atoms with Crippen LogP contribution in [-0.2, 0) is 0 Å². The number of aliphatic hydroxyl groups is 1. The molecule has 1 aliphatic carbocycles. The Morgan fingerprint density at radius 3 is 2.69 bits per heavy atom. The van der Waals surface area contributed by atoms with Crippen LogP contribution >= 0.6 is 0 Å². The molecule has 2 aliphatic rings. The van der Waals surface area contributed by atoms with Crippen LogP contribution in [0, 0.1) is 5.41 Å². The number of nitrogens with zero attached hydrogens (tertiary/aromatic N) is 1. The van der Waals surface area contributed by atoms with Crippen LogP contribution in [0.5, 0.6) is 0 Å². The minimum atomic E-state index is -0.131. The lowest BCUT2D eigenvalue weighted by atomic mass is 9.72. The third kappa shape index (κ3) is 2.14. The Morgan fingerprint density at radius 1 is 1.25 bits per heavy atom. The molecule has 0 aromatic heterocycles. The highest BCUT2D eigenvalue weighted by atomic mass is 16.3. The van der Waals surface area contributed by atoms with Gasteiger partial charge in [0.2, 0.25) is 0 Å². The maximum absolute atomic E-state index is 10.5. The number of aliphatic hydroxyl groups excluding tert-OH is 1. The van der Waals surface area contributed by atoms with Gasteiger partial charge >= 0.3 is 0 Å². The van der Waals surface area contributed by atoms with E-state index in [-0.39, 0.29) is 11.5 Å². The highest BCUT2D eigenvalue weighted by Gasteiger charge is 2.42. The molecule has 2 nitrogen and oxygen atoms in total. The van der Waals surface area contributed by atoms with Gasteiger partial charge in [0, 0.05) is 12.1 Å². The van der Waals surface area contributed by atoms with Crippen molar-refractivity contribution in [2.24, 2.45) is 5.41 Å². The molecule has 0 spiro atoms. The monoisotopic (exact) mass is 225 g/mol. The molecule has 16 heavy (non-hydrogen) atoms. The van der Waals surface area contributed by atoms with Gasteiger partial charge in [0.05, 0.1) is 6.10 Å². The summed E-state index contributed by atoms with van der Waals surface area (Å²) in [5.41, 5.74) is 0.115. The summed E-state index contributed by atoms with van der Waals surface area (Å²) in [6.45, 7) is 7.93. The van der Waals surface area contributed by atoms with Crippen molar-refractivity contribution in [2.75, 3.05) is 6.54 Å². The minimum Gasteiger partial charge on any atom is -0.391 e. The van der Waals surface area contributed by atoms with Gasteiger partial charge < -0.3 is 5.11 Å². The van der Waals surface area contributed by atoms with Gasteiger partial charge in [-0.1, -0.05) is 27.2 Å². The zero-order valence-corrected chi connectivity index (χ0v) is 11.1. The largest absolute Gasteiger partial charge is 0.391 e. The molecule has 2 heteroatoms. The first kappa shape index (κ1) is 12.4. The summed E-state index contributed by atoms with van der Waals surface area (Å²) in [6, 6.07) is 1.16. The molecule has 1 N–H and O–H groups in total. The van der Waals surface area contributed by atoms with Crippen LogP contribution in [-0.4, -0.2) is 34.7 Å². The van der Waals surface area contributed by atoms with Crippen molar-refractivity contribution in [3.8, 4) is 0 Å². The van der Waals surface area contributed by atoms with E-state index in [1.54, 1.807) is 0 Å². The van der Waals surface area contributed by atoms with Crippen molar-refractivity contribution in [3.05, 3.63) is 0 Å². The van der Waals surface area contributed by atoms with Crippen molar-refractivity contribution in [1.29, 1.82) is 0 Å². The molecule has 1 aliphatic heterocycles. The van der Waals surface area contributed by atoms with Gasteiger partial charge in [0.1, 0.15) is 0 Å². The van der Waals surface area contributed by atoms with Crippen LogP contribution in [0.15, 0.2) is 0 Å². The van der Waals surface area contributed by atoms with Gasteiger partial charge in [0.15, 0.2) is 0 Å². The molecule has 94 valence electrons. The highest BCUT2D eigenvalue weighted by Crippen LogP contribution is 2.40. The molecule has 3 unspecified atom stereocenters. The van der Waals surface area contributed by atoms with E-state index < -0.39 is 0 Å². The van der Waals surface area contributed by atoms with Gasteiger partial charge in [-0.15, -0.1) is 0 Å². The zero-order valence-electron chi connectivity index (χ0n) is 11.1. The Kier molecular flexibility index (Phi) is 3.60. The SMILES string of the molecule is CCC1CCCN1C1CCCC(C)(C)C1O. The number of hydrogen-bond acceptors (Lipinski definition) is 2. The topological polar surface area (TPSA) is 23.5 Å². The maximum atomic E-state index is 10.5. The molecule has 3 atom stereocenters. The predicted molar refractivity (Wildman–Crippen MR) is 67.4 cm³/mol. The third-order valence-electron chi connectivity index (χ3n) is 4.81. The molecular weight excluding hydrogens is 198 g/mol. The summed E-state index contributed by atoms with van der Waals surface area (Å²) in [5, 5.41) is 10.5. The zero-order chi connectivity index (χ0) is 11.8. The van der Waals surface area contributed by atoms with Gasteiger partial charge in [-0.3, -0.25) is 4.90 Å². The molecule has 1 heterocycles. The van der Waals surface area contributed by atoms with Gasteiger partial charge in [-0.05, 0) is 44.1 Å². The Morgan fingerprint density at radius 2 is 2.00 bits per heavy atom. The first-order chi connectivity index (χ1) is 7.56. The maximum Gasteiger partial charge on any atom is 0.0746 e. The first-order valence-corrected chi connectivity index (χ1v) is 7.00. The van der Waals surface area contributed by atoms with Crippen LogP contribution in [0.25, 0.3) is 0 Å². The summed E-state index contributed by atoms with van der Waals surface area (Å²) in [5.74, 6) is 0. The smallest absolute Gasteiger partial charge is 0.0746 e. The van der Waals surface area contributed by atoms with Crippen LogP contribution < -0.4 is 0 Å². The van der Waals surface area contributed by atoms with Crippen LogP contribution in [0.2, 0.25) is 0 Å². The fourth-order valence-electron chi connectivity index (χ4n) is 3.67. The van der Waals surface area contributed by atoms with Crippen molar-refractivity contribution < 1.29 is 5.11 Å². The molecule has 0 amide bonds. The van der Waals surface area contributed by atoms with E-state index in [1.165, 1.54) is 45.1 Å². The lowest BCUT2D eigenvalue weighted by Gasteiger charge is -2.46. The Bertz CT molecular complexity index is 239. The second-order valence-electron chi connectivity index (χ2n) is 6.34. The lowest BCUT2D eigenvalue weighted by Crippen LogP contribution is -2.53. The quantitative estimate of drug-likeness (QED) is 0.781. The summed E-state index contributed by atoms with van der Waals surface area (Å²) < 4.78 is 0. The fraction of sp³-hybridized carbons (Fsp3) is 1.00. The number of rotatable bonds is 2. The molecule has 0 aromatic rings. The Hall–Kier alpha value is -0.0800. The molecule has 1 saturated heterocycles. The van der Waals surface area contributed by atoms with E-state index in [9.17, 15) is 5.11 Å². The lowest BCUT2D eigenvalue weighted by molar-refractivity contribution is -0.0611. The summed E-state index contributed by atoms with van der Waals surface area (Å²) >= 11 is 0. The molecule has 0 radical (unpaired) electrons. The van der Waals surface area contributed by atoms with Crippen molar-refractivity contribution in [1.82, 2.24) is 4.90 Å². The molecule has 2 fully saturated rings. The standard InChI is InChI=1S/C14H27NO/c1-4-11-7-6-10-15(11)12-8-5-9-14(2,3)13(12)16/h11-13,16H,4-10H2,1-3H3. The van der Waals surface area contributed by atoms with E-state index in [0.29, 0.717) is 6.04 Å². The second kappa shape index (κ2) is 4.66. The fourth-order valence-corrected chi connectivity index (χ4v) is 3.67. The van der Waals surface area contributed by atoms with Crippen LogP contribution in [0.1, 0.15) is 59.3 Å². The van der Waals surface area contributed by atoms with Crippen LogP contribution in [0.4, 0.5) is 0 Å². The van der Waals surface area contributed by atoms with Crippen molar-refractivity contribution in [2.45, 2.75) is 77.5 Å². The van der Waals surface area contributed by atoms with Crippen molar-refractivity contribution >= 4 is 0 Å². The molecule has 1 saturated carbocycles. The average Bonchev–Trinajstić information content (AvgIpc) is 2.70. The molecular formula is C14H27NO. The van der Waals surface area contributed by atoms with Gasteiger partial charge in [-0.25, -0.2) is 0 Å². The van der Waals surface area contributed by atoms with E-state index in [4.69, 9.17) is 0 Å². The summed E-state index contributed by atoms with van der Waals surface area (Å²) in [6.07, 6.45) is 7.41. The van der Waals surface area contributed by atoms with Gasteiger partial charge in [0.25, 0.3) is 0 Å². The first-order valence-electron chi connectivity index (χ1n) is 7.00. The van der Waals surface area contributed by atoms with E-state index >= 15 is 0 Å². The normalized spacial score (nSPS) is 40.1. The van der Waals surface area contributed by atoms with E-state index in [1.807, 2.05) is 0 Å². The Balaban J connectivity index is 2.08. The predicted octanol–water partition coefficient (Wildman–Crippen LogP) is 2.80. The molecule has 0 bridgehead atoms. The van der Waals surface area contributed by atoms with Crippen LogP contribution in [0.3, 0.4) is 0 Å². The summed E-state index contributed by atoms with van der Waals surface area (Å²) in [7, 11) is 0. The van der Waals surface area contributed by atoms with Crippen molar-refractivity contribution in [3.63, 3.8) is 0 Å². The summed E-state index contributed by atoms with van der Waals surface area (Å²) in [4.78, 5) is 2.60. The molecule has 2 rings (SSSR count). The Labute approximate surface area is 100 Å². The number of hydrogen-bond donors (Lipinski definition) is 1. The van der Waals surface area contributed by atoms with Gasteiger partial charge in [-0.2, -0.15) is 0 Å². The van der Waals surface area contributed by atoms with E-state index in [2.05, 4.69) is 25.7 Å². The average molecular weight is 225 g/mol. The minimum absolute atomic E-state index is 0.115.